The third-order valence-corrected chi connectivity index (χ3v) is 12.6. The molecule has 0 aliphatic heterocycles. The molecule has 0 bridgehead atoms. The molecule has 5 aliphatic rings. The van der Waals surface area contributed by atoms with E-state index in [0.29, 0.717) is 5.92 Å². The average Bonchev–Trinajstić information content (AvgIpc) is 3.68. The Balaban J connectivity index is 1.55. The molecule has 3 atom stereocenters. The van der Waals surface area contributed by atoms with E-state index in [1.54, 1.807) is 16.7 Å². The molecule has 0 heteroatoms. The maximum Gasteiger partial charge on any atom is 0.0204 e. The summed E-state index contributed by atoms with van der Waals surface area (Å²) < 4.78 is 0. The summed E-state index contributed by atoms with van der Waals surface area (Å²) in [7, 11) is 0. The molecule has 2 saturated carbocycles. The van der Waals surface area contributed by atoms with Crippen LogP contribution in [0.1, 0.15) is 148 Å². The van der Waals surface area contributed by atoms with Crippen molar-refractivity contribution >= 4 is 0 Å². The third-order valence-electron chi connectivity index (χ3n) is 12.6. The van der Waals surface area contributed by atoms with Gasteiger partial charge in [0, 0.05) is 11.3 Å². The summed E-state index contributed by atoms with van der Waals surface area (Å²) in [6, 6.07) is 15.3. The van der Waals surface area contributed by atoms with Crippen molar-refractivity contribution in [3.05, 3.63) is 81.4 Å². The van der Waals surface area contributed by atoms with Crippen molar-refractivity contribution in [3.63, 3.8) is 0 Å². The Morgan fingerprint density at radius 2 is 1.19 bits per heavy atom. The topological polar surface area (TPSA) is 0 Å². The van der Waals surface area contributed by atoms with E-state index in [-0.39, 0.29) is 21.7 Å². The van der Waals surface area contributed by atoms with Gasteiger partial charge in [0.05, 0.1) is 0 Å². The van der Waals surface area contributed by atoms with Crippen LogP contribution in [0, 0.1) is 28.6 Å². The normalized spacial score (nSPS) is 28.2. The molecular formula is C42H56. The van der Waals surface area contributed by atoms with Gasteiger partial charge in [-0.05, 0) is 105 Å². The van der Waals surface area contributed by atoms with Gasteiger partial charge in [-0.1, -0.05) is 142 Å². The van der Waals surface area contributed by atoms with Gasteiger partial charge in [-0.3, -0.25) is 0 Å². The zero-order chi connectivity index (χ0) is 29.8. The van der Waals surface area contributed by atoms with E-state index in [9.17, 15) is 0 Å². The molecule has 5 aliphatic carbocycles. The summed E-state index contributed by atoms with van der Waals surface area (Å²) in [4.78, 5) is 0. The number of hydrogen-bond donors (Lipinski definition) is 0. The van der Waals surface area contributed by atoms with Gasteiger partial charge < -0.3 is 0 Å². The Kier molecular flexibility index (Phi) is 6.46. The SMILES string of the molecule is CC(C)(C)C1=CC2=C(C1)C1CCCC1C2(C1CCCCC1)C1c2cc(C(C)(C)C)ccc2-c2ccc(C(C)(C)C)cc21. The van der Waals surface area contributed by atoms with Crippen LogP contribution in [0.25, 0.3) is 11.1 Å². The first kappa shape index (κ1) is 28.7. The van der Waals surface area contributed by atoms with Crippen molar-refractivity contribution < 1.29 is 0 Å². The predicted octanol–water partition coefficient (Wildman–Crippen LogP) is 12.1. The van der Waals surface area contributed by atoms with Crippen LogP contribution >= 0.6 is 0 Å². The minimum absolute atomic E-state index is 0.144. The quantitative estimate of drug-likeness (QED) is 0.343. The summed E-state index contributed by atoms with van der Waals surface area (Å²) >= 11 is 0. The van der Waals surface area contributed by atoms with Crippen LogP contribution in [-0.4, -0.2) is 0 Å². The Hall–Kier alpha value is -2.08. The number of rotatable bonds is 2. The highest BCUT2D eigenvalue weighted by Gasteiger charge is 2.64. The standard InChI is InChI=1S/C42H56/c1-39(2,3)27-18-20-30-31-21-19-28(40(4,5)6)23-35(31)38(34(30)22-27)42(26-14-11-10-12-15-26)36-17-13-16-32(36)33-24-29(25-37(33)42)41(7,8)9/h18-23,25-26,32,36,38H,10-17,24H2,1-9H3. The van der Waals surface area contributed by atoms with Gasteiger partial charge in [-0.25, -0.2) is 0 Å². The molecule has 224 valence electrons. The predicted molar refractivity (Wildman–Crippen MR) is 180 cm³/mol. The first-order chi connectivity index (χ1) is 19.7. The highest BCUT2D eigenvalue weighted by molar-refractivity contribution is 5.81. The Morgan fingerprint density at radius 1 is 0.619 bits per heavy atom. The van der Waals surface area contributed by atoms with Gasteiger partial charge >= 0.3 is 0 Å². The van der Waals surface area contributed by atoms with E-state index in [0.717, 1.165) is 17.8 Å². The first-order valence-electron chi connectivity index (χ1n) is 17.5. The fourth-order valence-corrected chi connectivity index (χ4v) is 10.4. The average molecular weight is 561 g/mol. The second-order valence-electron chi connectivity index (χ2n) is 18.0. The van der Waals surface area contributed by atoms with Crippen molar-refractivity contribution in [2.24, 2.45) is 28.6 Å². The smallest absolute Gasteiger partial charge is 0.0204 e. The molecule has 42 heavy (non-hydrogen) atoms. The van der Waals surface area contributed by atoms with Gasteiger partial charge in [0.15, 0.2) is 0 Å². The van der Waals surface area contributed by atoms with Crippen LogP contribution in [0.4, 0.5) is 0 Å². The zero-order valence-electron chi connectivity index (χ0n) is 28.2. The summed E-state index contributed by atoms with van der Waals surface area (Å²) in [6.45, 7) is 21.8. The van der Waals surface area contributed by atoms with E-state index in [1.807, 2.05) is 11.1 Å². The van der Waals surface area contributed by atoms with E-state index in [2.05, 4.69) is 105 Å². The largest absolute Gasteiger partial charge is 0.0605 e. The fourth-order valence-electron chi connectivity index (χ4n) is 10.4. The van der Waals surface area contributed by atoms with Crippen LogP contribution in [0.2, 0.25) is 0 Å². The van der Waals surface area contributed by atoms with E-state index < -0.39 is 0 Å². The Morgan fingerprint density at radius 3 is 1.71 bits per heavy atom. The molecule has 0 amide bonds. The lowest BCUT2D eigenvalue weighted by atomic mass is 9.52. The van der Waals surface area contributed by atoms with Gasteiger partial charge in [0.1, 0.15) is 0 Å². The van der Waals surface area contributed by atoms with Gasteiger partial charge in [-0.15, -0.1) is 0 Å². The molecule has 0 saturated heterocycles. The van der Waals surface area contributed by atoms with Crippen LogP contribution in [0.5, 0.6) is 0 Å². The van der Waals surface area contributed by atoms with Crippen LogP contribution < -0.4 is 0 Å². The molecule has 2 aromatic rings. The third kappa shape index (κ3) is 4.13. The number of fused-ring (bicyclic) bond motifs is 5. The molecule has 0 radical (unpaired) electrons. The molecule has 0 spiro atoms. The van der Waals surface area contributed by atoms with E-state index in [4.69, 9.17) is 0 Å². The van der Waals surface area contributed by atoms with Gasteiger partial charge in [0.25, 0.3) is 0 Å². The first-order valence-corrected chi connectivity index (χ1v) is 17.5. The molecule has 3 unspecified atom stereocenters. The summed E-state index contributed by atoms with van der Waals surface area (Å²) in [5, 5.41) is 0. The lowest BCUT2D eigenvalue weighted by Crippen LogP contribution is -2.44. The number of benzene rings is 2. The minimum atomic E-state index is 0.144. The summed E-state index contributed by atoms with van der Waals surface area (Å²) in [5.41, 5.74) is 15.5. The van der Waals surface area contributed by atoms with Crippen molar-refractivity contribution in [2.75, 3.05) is 0 Å². The second kappa shape index (κ2) is 9.46. The Labute approximate surface area is 257 Å². The molecule has 7 rings (SSSR count). The lowest BCUT2D eigenvalue weighted by Gasteiger charge is -2.51. The highest BCUT2D eigenvalue weighted by Crippen LogP contribution is 2.74. The molecule has 0 nitrogen and oxygen atoms in total. The molecule has 2 fully saturated rings. The molecule has 0 heterocycles. The van der Waals surface area contributed by atoms with Crippen molar-refractivity contribution in [1.82, 2.24) is 0 Å². The molecule has 2 aromatic carbocycles. The zero-order valence-corrected chi connectivity index (χ0v) is 28.2. The molecular weight excluding hydrogens is 504 g/mol. The van der Waals surface area contributed by atoms with Gasteiger partial charge in [-0.2, -0.15) is 0 Å². The van der Waals surface area contributed by atoms with Crippen molar-refractivity contribution in [2.45, 2.75) is 137 Å². The number of allylic oxidation sites excluding steroid dienone is 4. The van der Waals surface area contributed by atoms with E-state index >= 15 is 0 Å². The second-order valence-corrected chi connectivity index (χ2v) is 18.0. The van der Waals surface area contributed by atoms with Crippen molar-refractivity contribution in [1.29, 1.82) is 0 Å². The van der Waals surface area contributed by atoms with Crippen LogP contribution in [0.3, 0.4) is 0 Å². The Bertz CT molecular complexity index is 1400. The lowest BCUT2D eigenvalue weighted by molar-refractivity contribution is 0.0705. The van der Waals surface area contributed by atoms with Gasteiger partial charge in [0.2, 0.25) is 0 Å². The molecule has 0 aromatic heterocycles. The van der Waals surface area contributed by atoms with E-state index in [1.165, 1.54) is 80.0 Å². The maximum absolute atomic E-state index is 2.81. The number of hydrogen-bond acceptors (Lipinski definition) is 0. The van der Waals surface area contributed by atoms with Crippen LogP contribution in [-0.2, 0) is 10.8 Å². The van der Waals surface area contributed by atoms with Crippen molar-refractivity contribution in [3.8, 4) is 11.1 Å². The summed E-state index contributed by atoms with van der Waals surface area (Å²) in [6.07, 6.45) is 15.4. The summed E-state index contributed by atoms with van der Waals surface area (Å²) in [5.74, 6) is 2.83. The van der Waals surface area contributed by atoms with Crippen LogP contribution in [0.15, 0.2) is 59.2 Å². The maximum atomic E-state index is 2.81. The monoisotopic (exact) mass is 560 g/mol. The fraction of sp³-hybridized carbons (Fsp3) is 0.619. The minimum Gasteiger partial charge on any atom is -0.0605 e. The molecule has 0 N–H and O–H groups in total. The highest BCUT2D eigenvalue weighted by atomic mass is 14.7.